The molecule has 0 saturated carbocycles. The molecule has 3 heteroatoms. The van der Waals surface area contributed by atoms with E-state index in [2.05, 4.69) is 84.5 Å². The van der Waals surface area contributed by atoms with Gasteiger partial charge in [0.1, 0.15) is 5.82 Å². The molecule has 1 aliphatic carbocycles. The summed E-state index contributed by atoms with van der Waals surface area (Å²) in [6.45, 7) is 6.67. The van der Waals surface area contributed by atoms with Crippen molar-refractivity contribution in [3.8, 4) is 0 Å². The van der Waals surface area contributed by atoms with Gasteiger partial charge in [-0.25, -0.2) is 4.39 Å². The molecule has 130 valence electrons. The molecule has 0 saturated heterocycles. The predicted octanol–water partition coefficient (Wildman–Crippen LogP) is 6.71. The smallest absolute Gasteiger partial charge is 0.147 e. The summed E-state index contributed by atoms with van der Waals surface area (Å²) < 4.78 is 15.4. The normalized spacial score (nSPS) is 24.6. The Morgan fingerprint density at radius 1 is 1.12 bits per heavy atom. The van der Waals surface area contributed by atoms with Crippen LogP contribution in [0.15, 0.2) is 53.0 Å². The first kappa shape index (κ1) is 16.8. The van der Waals surface area contributed by atoms with Crippen molar-refractivity contribution in [1.82, 2.24) is 0 Å². The number of rotatable bonds is 1. The maximum absolute atomic E-state index is 14.6. The van der Waals surface area contributed by atoms with E-state index in [1.165, 1.54) is 11.1 Å². The molecular formula is C22H23BrFN. The van der Waals surface area contributed by atoms with E-state index in [4.69, 9.17) is 0 Å². The van der Waals surface area contributed by atoms with Crippen molar-refractivity contribution < 1.29 is 4.39 Å². The SMILES string of the molecule is CC(C)(C)c1ccc([C@@H]2Nc3c(F)cc(Br)cc3[C@H]3C=CC[C@H]32)cc1. The number of benzene rings is 2. The highest BCUT2D eigenvalue weighted by atomic mass is 79.9. The van der Waals surface area contributed by atoms with E-state index in [1.54, 1.807) is 6.07 Å². The molecule has 0 fully saturated rings. The van der Waals surface area contributed by atoms with Crippen molar-refractivity contribution in [2.75, 3.05) is 5.32 Å². The van der Waals surface area contributed by atoms with Gasteiger partial charge < -0.3 is 5.32 Å². The fourth-order valence-corrected chi connectivity index (χ4v) is 4.59. The first-order valence-corrected chi connectivity index (χ1v) is 9.66. The van der Waals surface area contributed by atoms with Crippen LogP contribution in [-0.2, 0) is 5.41 Å². The zero-order chi connectivity index (χ0) is 17.8. The molecule has 1 aliphatic heterocycles. The highest BCUT2D eigenvalue weighted by Gasteiger charge is 2.39. The van der Waals surface area contributed by atoms with E-state index < -0.39 is 0 Å². The van der Waals surface area contributed by atoms with Gasteiger partial charge in [-0.05, 0) is 46.6 Å². The van der Waals surface area contributed by atoms with Crippen LogP contribution < -0.4 is 5.32 Å². The predicted molar refractivity (Wildman–Crippen MR) is 106 cm³/mol. The van der Waals surface area contributed by atoms with E-state index in [0.29, 0.717) is 11.6 Å². The summed E-state index contributed by atoms with van der Waals surface area (Å²) in [5.74, 6) is 0.525. The maximum Gasteiger partial charge on any atom is 0.147 e. The number of nitrogens with one attached hydrogen (secondary N) is 1. The van der Waals surface area contributed by atoms with E-state index >= 15 is 0 Å². The van der Waals surface area contributed by atoms with Gasteiger partial charge in [-0.1, -0.05) is 73.1 Å². The molecule has 3 atom stereocenters. The summed E-state index contributed by atoms with van der Waals surface area (Å²) in [6, 6.07) is 12.6. The quantitative estimate of drug-likeness (QED) is 0.525. The lowest BCUT2D eigenvalue weighted by molar-refractivity contribution is 0.420. The fraction of sp³-hybridized carbons (Fsp3) is 0.364. The zero-order valence-corrected chi connectivity index (χ0v) is 16.4. The highest BCUT2D eigenvalue weighted by Crippen LogP contribution is 2.51. The van der Waals surface area contributed by atoms with Gasteiger partial charge in [0.2, 0.25) is 0 Å². The van der Waals surface area contributed by atoms with Crippen LogP contribution in [0.2, 0.25) is 0 Å². The second-order valence-corrected chi connectivity index (χ2v) is 9.12. The molecule has 1 N–H and O–H groups in total. The molecule has 2 aromatic rings. The van der Waals surface area contributed by atoms with Crippen LogP contribution in [0.1, 0.15) is 55.8 Å². The molecule has 1 nitrogen and oxygen atoms in total. The van der Waals surface area contributed by atoms with Gasteiger partial charge in [-0.15, -0.1) is 0 Å². The summed E-state index contributed by atoms with van der Waals surface area (Å²) in [5.41, 5.74) is 4.42. The summed E-state index contributed by atoms with van der Waals surface area (Å²) in [5, 5.41) is 3.50. The van der Waals surface area contributed by atoms with Crippen molar-refractivity contribution in [1.29, 1.82) is 0 Å². The summed E-state index contributed by atoms with van der Waals surface area (Å²) in [6.07, 6.45) is 5.51. The molecule has 0 spiro atoms. The van der Waals surface area contributed by atoms with Crippen LogP contribution in [0, 0.1) is 11.7 Å². The zero-order valence-electron chi connectivity index (χ0n) is 14.8. The Labute approximate surface area is 157 Å². The molecule has 4 rings (SSSR count). The Kier molecular flexibility index (Phi) is 4.03. The van der Waals surface area contributed by atoms with Crippen molar-refractivity contribution in [3.05, 3.63) is 75.5 Å². The molecule has 0 bridgehead atoms. The molecular weight excluding hydrogens is 377 g/mol. The Balaban J connectivity index is 1.74. The van der Waals surface area contributed by atoms with Gasteiger partial charge >= 0.3 is 0 Å². The number of allylic oxidation sites excluding steroid dienone is 2. The molecule has 25 heavy (non-hydrogen) atoms. The lowest BCUT2D eigenvalue weighted by atomic mass is 9.76. The third-order valence-corrected chi connectivity index (χ3v) is 5.98. The summed E-state index contributed by atoms with van der Waals surface area (Å²) in [7, 11) is 0. The Morgan fingerprint density at radius 2 is 1.84 bits per heavy atom. The van der Waals surface area contributed by atoms with Crippen LogP contribution in [0.5, 0.6) is 0 Å². The third kappa shape index (κ3) is 2.93. The topological polar surface area (TPSA) is 12.0 Å². The van der Waals surface area contributed by atoms with Gasteiger partial charge in [0.25, 0.3) is 0 Å². The monoisotopic (exact) mass is 399 g/mol. The van der Waals surface area contributed by atoms with Gasteiger partial charge in [0, 0.05) is 10.4 Å². The lowest BCUT2D eigenvalue weighted by Crippen LogP contribution is -2.29. The number of hydrogen-bond acceptors (Lipinski definition) is 1. The van der Waals surface area contributed by atoms with Crippen LogP contribution in [0.3, 0.4) is 0 Å². The summed E-state index contributed by atoms with van der Waals surface area (Å²) in [4.78, 5) is 0. The minimum atomic E-state index is -0.181. The molecule has 0 radical (unpaired) electrons. The Morgan fingerprint density at radius 3 is 2.52 bits per heavy atom. The van der Waals surface area contributed by atoms with Crippen molar-refractivity contribution in [2.45, 2.75) is 44.6 Å². The molecule has 0 amide bonds. The fourth-order valence-electron chi connectivity index (χ4n) is 4.14. The third-order valence-electron chi connectivity index (χ3n) is 5.52. The van der Waals surface area contributed by atoms with Gasteiger partial charge in [-0.2, -0.15) is 0 Å². The molecule has 2 aromatic carbocycles. The van der Waals surface area contributed by atoms with Gasteiger partial charge in [0.05, 0.1) is 11.7 Å². The van der Waals surface area contributed by atoms with E-state index in [0.717, 1.165) is 16.5 Å². The van der Waals surface area contributed by atoms with Crippen LogP contribution in [-0.4, -0.2) is 0 Å². The molecule has 0 aromatic heterocycles. The first-order chi connectivity index (χ1) is 11.8. The average molecular weight is 400 g/mol. The molecule has 0 unspecified atom stereocenters. The van der Waals surface area contributed by atoms with Crippen molar-refractivity contribution >= 4 is 21.6 Å². The number of hydrogen-bond donors (Lipinski definition) is 1. The Bertz CT molecular complexity index is 832. The number of anilines is 1. The second-order valence-electron chi connectivity index (χ2n) is 8.20. The van der Waals surface area contributed by atoms with E-state index in [-0.39, 0.29) is 23.2 Å². The molecule has 2 aliphatic rings. The first-order valence-electron chi connectivity index (χ1n) is 8.87. The number of fused-ring (bicyclic) bond motifs is 3. The minimum absolute atomic E-state index is 0.136. The van der Waals surface area contributed by atoms with Gasteiger partial charge in [-0.3, -0.25) is 0 Å². The number of halogens is 2. The highest BCUT2D eigenvalue weighted by molar-refractivity contribution is 9.10. The second kappa shape index (κ2) is 5.98. The van der Waals surface area contributed by atoms with E-state index in [1.807, 2.05) is 0 Å². The average Bonchev–Trinajstić information content (AvgIpc) is 3.03. The largest absolute Gasteiger partial charge is 0.375 e. The van der Waals surface area contributed by atoms with Crippen molar-refractivity contribution in [3.63, 3.8) is 0 Å². The minimum Gasteiger partial charge on any atom is -0.375 e. The van der Waals surface area contributed by atoms with Crippen molar-refractivity contribution in [2.24, 2.45) is 5.92 Å². The molecule has 1 heterocycles. The van der Waals surface area contributed by atoms with Crippen LogP contribution >= 0.6 is 15.9 Å². The van der Waals surface area contributed by atoms with Crippen LogP contribution in [0.25, 0.3) is 0 Å². The standard InChI is InChI=1S/C22H23BrFN/c1-22(2,3)14-9-7-13(8-10-14)20-17-6-4-5-16(17)18-11-15(23)12-19(24)21(18)25-20/h4-5,7-12,16-17,20,25H,6H2,1-3H3/t16-,17+,20-/m0/s1. The van der Waals surface area contributed by atoms with Gasteiger partial charge in [0.15, 0.2) is 0 Å². The van der Waals surface area contributed by atoms with Crippen LogP contribution in [0.4, 0.5) is 10.1 Å². The van der Waals surface area contributed by atoms with E-state index in [9.17, 15) is 4.39 Å². The summed E-state index contributed by atoms with van der Waals surface area (Å²) >= 11 is 3.43. The lowest BCUT2D eigenvalue weighted by Gasteiger charge is -2.38. The maximum atomic E-state index is 14.6. The Hall–Kier alpha value is -1.61.